The summed E-state index contributed by atoms with van der Waals surface area (Å²) >= 11 is 1.57. The average Bonchev–Trinajstić information content (AvgIpc) is 3.15. The summed E-state index contributed by atoms with van der Waals surface area (Å²) in [7, 11) is 0. The van der Waals surface area contributed by atoms with Crippen LogP contribution in [0.2, 0.25) is 0 Å². The number of ether oxygens (including phenoxy) is 1. The molecule has 130 valence electrons. The third-order valence-electron chi connectivity index (χ3n) is 4.53. The highest BCUT2D eigenvalue weighted by atomic mass is 32.2. The largest absolute Gasteiger partial charge is 0.368 e. The zero-order valence-electron chi connectivity index (χ0n) is 14.1. The van der Waals surface area contributed by atoms with Gasteiger partial charge in [-0.05, 0) is 31.9 Å². The number of benzene rings is 1. The normalized spacial score (nSPS) is 21.1. The molecule has 0 N–H and O–H groups in total. The van der Waals surface area contributed by atoms with E-state index in [0.717, 1.165) is 17.7 Å². The number of rotatable bonds is 4. The lowest BCUT2D eigenvalue weighted by molar-refractivity contribution is -0.145. The molecule has 6 heteroatoms. The zero-order valence-corrected chi connectivity index (χ0v) is 14.9. The highest BCUT2D eigenvalue weighted by molar-refractivity contribution is 8.00. The van der Waals surface area contributed by atoms with Crippen molar-refractivity contribution in [3.8, 4) is 0 Å². The molecular formula is C18H24N2O3S. The summed E-state index contributed by atoms with van der Waals surface area (Å²) in [4.78, 5) is 29.5. The van der Waals surface area contributed by atoms with E-state index in [-0.39, 0.29) is 17.9 Å². The second kappa shape index (κ2) is 8.03. The first-order chi connectivity index (χ1) is 11.6. The Labute approximate surface area is 147 Å². The molecule has 3 rings (SSSR count). The molecule has 2 amide bonds. The van der Waals surface area contributed by atoms with Crippen LogP contribution in [0.4, 0.5) is 0 Å². The summed E-state index contributed by atoms with van der Waals surface area (Å²) in [5.41, 5.74) is 1.22. The van der Waals surface area contributed by atoms with Gasteiger partial charge in [-0.25, -0.2) is 0 Å². The van der Waals surface area contributed by atoms with Crippen molar-refractivity contribution in [2.75, 3.05) is 38.5 Å². The van der Waals surface area contributed by atoms with Crippen molar-refractivity contribution in [1.29, 1.82) is 0 Å². The Kier molecular flexibility index (Phi) is 5.79. The summed E-state index contributed by atoms with van der Waals surface area (Å²) in [6.45, 7) is 5.19. The highest BCUT2D eigenvalue weighted by Gasteiger charge is 2.31. The molecule has 2 aliphatic heterocycles. The number of hydrogen-bond acceptors (Lipinski definition) is 4. The van der Waals surface area contributed by atoms with E-state index in [1.165, 1.54) is 5.56 Å². The topological polar surface area (TPSA) is 49.9 Å². The summed E-state index contributed by atoms with van der Waals surface area (Å²) in [5, 5.41) is 0. The first-order valence-electron chi connectivity index (χ1n) is 8.51. The summed E-state index contributed by atoms with van der Waals surface area (Å²) in [6, 6.07) is 8.21. The van der Waals surface area contributed by atoms with Crippen molar-refractivity contribution in [3.05, 3.63) is 29.8 Å². The number of carbonyl (C=O) groups is 2. The van der Waals surface area contributed by atoms with Crippen LogP contribution >= 0.6 is 11.8 Å². The van der Waals surface area contributed by atoms with E-state index in [1.54, 1.807) is 11.8 Å². The number of carbonyl (C=O) groups excluding carboxylic acids is 2. The Bertz CT molecular complexity index is 576. The molecule has 0 radical (unpaired) electrons. The van der Waals surface area contributed by atoms with Gasteiger partial charge in [-0.1, -0.05) is 17.7 Å². The predicted octanol–water partition coefficient (Wildman–Crippen LogP) is 1.94. The van der Waals surface area contributed by atoms with Crippen LogP contribution in [0.3, 0.4) is 0 Å². The first kappa shape index (κ1) is 17.3. The SMILES string of the molecule is Cc1ccc(SCC(=O)N2CCN(C(=O)[C@H]3CCCO3)CC2)cc1. The molecule has 0 unspecified atom stereocenters. The summed E-state index contributed by atoms with van der Waals surface area (Å²) < 4.78 is 5.46. The minimum Gasteiger partial charge on any atom is -0.368 e. The minimum atomic E-state index is -0.260. The van der Waals surface area contributed by atoms with Gasteiger partial charge in [0, 0.05) is 37.7 Å². The zero-order chi connectivity index (χ0) is 16.9. The van der Waals surface area contributed by atoms with E-state index in [9.17, 15) is 9.59 Å². The van der Waals surface area contributed by atoms with Crippen molar-refractivity contribution in [2.24, 2.45) is 0 Å². The number of hydrogen-bond donors (Lipinski definition) is 0. The van der Waals surface area contributed by atoms with Crippen molar-refractivity contribution in [2.45, 2.75) is 30.8 Å². The second-order valence-corrected chi connectivity index (χ2v) is 7.36. The Hall–Kier alpha value is -1.53. The van der Waals surface area contributed by atoms with Gasteiger partial charge in [0.25, 0.3) is 5.91 Å². The van der Waals surface area contributed by atoms with Gasteiger partial charge < -0.3 is 14.5 Å². The average molecular weight is 348 g/mol. The van der Waals surface area contributed by atoms with E-state index in [4.69, 9.17) is 4.74 Å². The lowest BCUT2D eigenvalue weighted by atomic mass is 10.2. The monoisotopic (exact) mass is 348 g/mol. The van der Waals surface area contributed by atoms with E-state index in [1.807, 2.05) is 21.9 Å². The van der Waals surface area contributed by atoms with Crippen LogP contribution in [0.15, 0.2) is 29.2 Å². The van der Waals surface area contributed by atoms with Crippen LogP contribution in [-0.4, -0.2) is 66.3 Å². The van der Waals surface area contributed by atoms with Crippen LogP contribution < -0.4 is 0 Å². The highest BCUT2D eigenvalue weighted by Crippen LogP contribution is 2.20. The van der Waals surface area contributed by atoms with Crippen molar-refractivity contribution in [3.63, 3.8) is 0 Å². The molecule has 5 nitrogen and oxygen atoms in total. The Balaban J connectivity index is 1.43. The van der Waals surface area contributed by atoms with Crippen molar-refractivity contribution >= 4 is 23.6 Å². The number of piperazine rings is 1. The number of amides is 2. The van der Waals surface area contributed by atoms with Gasteiger partial charge in [0.05, 0.1) is 5.75 Å². The third-order valence-corrected chi connectivity index (χ3v) is 5.53. The van der Waals surface area contributed by atoms with Gasteiger partial charge in [0.2, 0.25) is 5.91 Å². The first-order valence-corrected chi connectivity index (χ1v) is 9.49. The predicted molar refractivity (Wildman–Crippen MR) is 94.0 cm³/mol. The maximum Gasteiger partial charge on any atom is 0.251 e. The van der Waals surface area contributed by atoms with Gasteiger partial charge >= 0.3 is 0 Å². The van der Waals surface area contributed by atoms with E-state index >= 15 is 0 Å². The van der Waals surface area contributed by atoms with Gasteiger partial charge in [0.15, 0.2) is 0 Å². The van der Waals surface area contributed by atoms with Crippen molar-refractivity contribution < 1.29 is 14.3 Å². The lowest BCUT2D eigenvalue weighted by Crippen LogP contribution is -2.53. The quantitative estimate of drug-likeness (QED) is 0.781. The fourth-order valence-electron chi connectivity index (χ4n) is 3.02. The standard InChI is InChI=1S/C18H24N2O3S/c1-14-4-6-15(7-5-14)24-13-17(21)19-8-10-20(11-9-19)18(22)16-3-2-12-23-16/h4-7,16H,2-3,8-13H2,1H3/t16-/m1/s1. The molecule has 0 spiro atoms. The number of nitrogens with zero attached hydrogens (tertiary/aromatic N) is 2. The van der Waals surface area contributed by atoms with Crippen LogP contribution in [0.25, 0.3) is 0 Å². The maximum atomic E-state index is 12.3. The van der Waals surface area contributed by atoms with E-state index < -0.39 is 0 Å². The van der Waals surface area contributed by atoms with Gasteiger partial charge in [-0.3, -0.25) is 9.59 Å². The molecule has 1 aromatic rings. The van der Waals surface area contributed by atoms with E-state index in [2.05, 4.69) is 19.1 Å². The summed E-state index contributed by atoms with van der Waals surface area (Å²) in [5.74, 6) is 0.682. The molecule has 0 bridgehead atoms. The number of aryl methyl sites for hydroxylation is 1. The minimum absolute atomic E-state index is 0.0913. The molecule has 0 aromatic heterocycles. The second-order valence-electron chi connectivity index (χ2n) is 6.31. The molecule has 1 aromatic carbocycles. The molecular weight excluding hydrogens is 324 g/mol. The molecule has 2 fully saturated rings. The Morgan fingerprint density at radius 1 is 1.12 bits per heavy atom. The van der Waals surface area contributed by atoms with Gasteiger partial charge in [-0.15, -0.1) is 11.8 Å². The smallest absolute Gasteiger partial charge is 0.251 e. The van der Waals surface area contributed by atoms with Crippen LogP contribution in [-0.2, 0) is 14.3 Å². The number of thioether (sulfide) groups is 1. The molecule has 1 atom stereocenters. The fraction of sp³-hybridized carbons (Fsp3) is 0.556. The molecule has 0 aliphatic carbocycles. The van der Waals surface area contributed by atoms with Crippen molar-refractivity contribution in [1.82, 2.24) is 9.80 Å². The molecule has 2 heterocycles. The van der Waals surface area contributed by atoms with Crippen LogP contribution in [0.5, 0.6) is 0 Å². The fourth-order valence-corrected chi connectivity index (χ4v) is 3.82. The maximum absolute atomic E-state index is 12.3. The van der Waals surface area contributed by atoms with E-state index in [0.29, 0.717) is 38.5 Å². The molecule has 0 saturated carbocycles. The Morgan fingerprint density at radius 2 is 1.79 bits per heavy atom. The third kappa shape index (κ3) is 4.30. The van der Waals surface area contributed by atoms with Gasteiger partial charge in [0.1, 0.15) is 6.10 Å². The van der Waals surface area contributed by atoms with Crippen LogP contribution in [0, 0.1) is 6.92 Å². The molecule has 24 heavy (non-hydrogen) atoms. The van der Waals surface area contributed by atoms with Gasteiger partial charge in [-0.2, -0.15) is 0 Å². The van der Waals surface area contributed by atoms with Crippen LogP contribution in [0.1, 0.15) is 18.4 Å². The molecule has 2 saturated heterocycles. The Morgan fingerprint density at radius 3 is 2.42 bits per heavy atom. The summed E-state index contributed by atoms with van der Waals surface area (Å²) in [6.07, 6.45) is 1.53. The lowest BCUT2D eigenvalue weighted by Gasteiger charge is -2.35. The molecule has 2 aliphatic rings.